The molecule has 0 aliphatic rings. The van der Waals surface area contributed by atoms with Crippen molar-refractivity contribution in [2.75, 3.05) is 6.61 Å². The molecule has 0 saturated heterocycles. The number of hydrogen-bond donors (Lipinski definition) is 1. The molecule has 3 nitrogen and oxygen atoms in total. The van der Waals surface area contributed by atoms with E-state index in [1.54, 1.807) is 6.92 Å². The van der Waals surface area contributed by atoms with E-state index in [4.69, 9.17) is 4.74 Å². The molecule has 0 unspecified atom stereocenters. The smallest absolute Gasteiger partial charge is 0.355 e. The molecule has 3 heteroatoms. The highest BCUT2D eigenvalue weighted by molar-refractivity contribution is 5.89. The molecule has 0 fully saturated rings. The van der Waals surface area contributed by atoms with Gasteiger partial charge in [-0.25, -0.2) is 4.79 Å². The molecule has 1 N–H and O–H groups in total. The Hall–Kier alpha value is -2.03. The number of aromatic nitrogens is 1. The molecule has 0 radical (unpaired) electrons. The fraction of sp³-hybridized carbons (Fsp3) is 0.312. The normalized spacial score (nSPS) is 9.47. The van der Waals surface area contributed by atoms with Gasteiger partial charge in [-0.3, -0.25) is 0 Å². The summed E-state index contributed by atoms with van der Waals surface area (Å²) in [5, 5.41) is 0. The van der Waals surface area contributed by atoms with Gasteiger partial charge in [0.05, 0.1) is 6.61 Å². The highest BCUT2D eigenvalue weighted by atomic mass is 16.5. The Morgan fingerprint density at radius 2 is 1.79 bits per heavy atom. The molecule has 0 spiro atoms. The van der Waals surface area contributed by atoms with Crippen LogP contribution < -0.4 is 0 Å². The molecule has 0 atom stereocenters. The summed E-state index contributed by atoms with van der Waals surface area (Å²) < 4.78 is 4.85. The number of esters is 1. The lowest BCUT2D eigenvalue weighted by atomic mass is 10.2. The highest BCUT2D eigenvalue weighted by Crippen LogP contribution is 2.11. The zero-order valence-corrected chi connectivity index (χ0v) is 12.0. The molecule has 1 aromatic carbocycles. The van der Waals surface area contributed by atoms with Gasteiger partial charge >= 0.3 is 5.97 Å². The third-order valence-electron chi connectivity index (χ3n) is 2.82. The van der Waals surface area contributed by atoms with Crippen LogP contribution in [0.4, 0.5) is 0 Å². The molecular weight excluding hydrogens is 238 g/mol. The Morgan fingerprint density at radius 1 is 1.16 bits per heavy atom. The van der Waals surface area contributed by atoms with Gasteiger partial charge in [0.2, 0.25) is 0 Å². The molecule has 0 amide bonds. The molecule has 0 bridgehead atoms. The van der Waals surface area contributed by atoms with Crippen molar-refractivity contribution in [1.82, 2.24) is 4.98 Å². The van der Waals surface area contributed by atoms with Crippen molar-refractivity contribution in [2.45, 2.75) is 27.7 Å². The summed E-state index contributed by atoms with van der Waals surface area (Å²) in [5.41, 5.74) is 3.93. The zero-order chi connectivity index (χ0) is 14.3. The van der Waals surface area contributed by atoms with Gasteiger partial charge in [0.25, 0.3) is 0 Å². The van der Waals surface area contributed by atoms with Gasteiger partial charge in [0, 0.05) is 6.20 Å². The second-order valence-corrected chi connectivity index (χ2v) is 4.35. The first-order valence-electron chi connectivity index (χ1n) is 6.39. The van der Waals surface area contributed by atoms with Crippen LogP contribution in [0.5, 0.6) is 0 Å². The summed E-state index contributed by atoms with van der Waals surface area (Å²) in [6, 6.07) is 10.3. The van der Waals surface area contributed by atoms with Crippen LogP contribution in [-0.4, -0.2) is 17.6 Å². The van der Waals surface area contributed by atoms with Crippen molar-refractivity contribution in [1.29, 1.82) is 0 Å². The van der Waals surface area contributed by atoms with Gasteiger partial charge < -0.3 is 9.72 Å². The van der Waals surface area contributed by atoms with Crippen LogP contribution in [0.15, 0.2) is 36.5 Å². The quantitative estimate of drug-likeness (QED) is 0.833. The number of aromatic amines is 1. The first-order valence-corrected chi connectivity index (χ1v) is 6.39. The Kier molecular flexibility index (Phi) is 5.86. The minimum Gasteiger partial charge on any atom is -0.461 e. The lowest BCUT2D eigenvalue weighted by Crippen LogP contribution is -2.06. The summed E-state index contributed by atoms with van der Waals surface area (Å²) in [7, 11) is 0. The van der Waals surface area contributed by atoms with E-state index in [9.17, 15) is 4.79 Å². The molecule has 0 aliphatic heterocycles. The van der Waals surface area contributed by atoms with E-state index >= 15 is 0 Å². The number of carbonyl (C=O) groups is 1. The lowest BCUT2D eigenvalue weighted by Gasteiger charge is -1.99. The van der Waals surface area contributed by atoms with Gasteiger partial charge in [-0.1, -0.05) is 35.9 Å². The molecule has 102 valence electrons. The van der Waals surface area contributed by atoms with Gasteiger partial charge in [0.15, 0.2) is 0 Å². The average molecular weight is 259 g/mol. The highest BCUT2D eigenvalue weighted by Gasteiger charge is 2.12. The van der Waals surface area contributed by atoms with E-state index in [1.165, 1.54) is 5.56 Å². The topological polar surface area (TPSA) is 42.1 Å². The number of benzene rings is 1. The third kappa shape index (κ3) is 4.62. The van der Waals surface area contributed by atoms with Crippen LogP contribution in [0.1, 0.15) is 34.1 Å². The minimum atomic E-state index is -0.275. The predicted octanol–water partition coefficient (Wildman–Crippen LogP) is 3.80. The second-order valence-electron chi connectivity index (χ2n) is 4.35. The van der Waals surface area contributed by atoms with Crippen molar-refractivity contribution >= 4 is 5.97 Å². The fourth-order valence-corrected chi connectivity index (χ4v) is 1.54. The maximum absolute atomic E-state index is 11.2. The molecule has 19 heavy (non-hydrogen) atoms. The molecular formula is C16H21NO2. The van der Waals surface area contributed by atoms with Crippen LogP contribution >= 0.6 is 0 Å². The van der Waals surface area contributed by atoms with Gasteiger partial charge in [0.1, 0.15) is 5.69 Å². The van der Waals surface area contributed by atoms with Crippen LogP contribution in [0.25, 0.3) is 0 Å². The third-order valence-corrected chi connectivity index (χ3v) is 2.82. The number of aryl methyl sites for hydroxylation is 2. The molecule has 1 aromatic heterocycles. The Bertz CT molecular complexity index is 515. The number of hydrogen-bond acceptors (Lipinski definition) is 2. The Labute approximate surface area is 114 Å². The predicted molar refractivity (Wildman–Crippen MR) is 77.4 cm³/mol. The maximum Gasteiger partial charge on any atom is 0.355 e. The van der Waals surface area contributed by atoms with E-state index in [0.717, 1.165) is 11.1 Å². The van der Waals surface area contributed by atoms with Crippen LogP contribution in [0, 0.1) is 20.8 Å². The van der Waals surface area contributed by atoms with Crippen molar-refractivity contribution in [3.05, 3.63) is 58.9 Å². The van der Waals surface area contributed by atoms with E-state index in [2.05, 4.69) is 24.0 Å². The summed E-state index contributed by atoms with van der Waals surface area (Å²) in [4.78, 5) is 14.1. The van der Waals surface area contributed by atoms with Crippen molar-refractivity contribution < 1.29 is 9.53 Å². The molecule has 0 aliphatic carbocycles. The largest absolute Gasteiger partial charge is 0.461 e. The first kappa shape index (κ1) is 15.0. The van der Waals surface area contributed by atoms with E-state index < -0.39 is 0 Å². The van der Waals surface area contributed by atoms with Crippen molar-refractivity contribution in [2.24, 2.45) is 0 Å². The Morgan fingerprint density at radius 3 is 2.16 bits per heavy atom. The summed E-state index contributed by atoms with van der Waals surface area (Å²) in [5.74, 6) is -0.275. The molecule has 1 heterocycles. The summed E-state index contributed by atoms with van der Waals surface area (Å²) >= 11 is 0. The van der Waals surface area contributed by atoms with Gasteiger partial charge in [-0.15, -0.1) is 0 Å². The van der Waals surface area contributed by atoms with E-state index in [-0.39, 0.29) is 5.97 Å². The summed E-state index contributed by atoms with van der Waals surface area (Å²) in [6.45, 7) is 8.14. The van der Waals surface area contributed by atoms with Crippen molar-refractivity contribution in [3.8, 4) is 0 Å². The Balaban J connectivity index is 0.000000218. The maximum atomic E-state index is 11.2. The van der Waals surface area contributed by atoms with Crippen LogP contribution in [0.2, 0.25) is 0 Å². The standard InChI is InChI=1S/C9H13NO2.C7H8/c1-4-12-9(11)8-7(3)6(2)5-10-8;1-7-5-3-2-4-6-7/h5,10H,4H2,1-3H3;2-6H,1H3. The van der Waals surface area contributed by atoms with Crippen LogP contribution in [-0.2, 0) is 4.74 Å². The number of carbonyl (C=O) groups excluding carboxylic acids is 1. The SMILES string of the molecule is CCOC(=O)c1[nH]cc(C)c1C.Cc1ccccc1. The molecule has 0 saturated carbocycles. The first-order chi connectivity index (χ1) is 9.06. The van der Waals surface area contributed by atoms with Gasteiger partial charge in [-0.2, -0.15) is 0 Å². The number of nitrogens with one attached hydrogen (secondary N) is 1. The number of H-pyrrole nitrogens is 1. The second kappa shape index (κ2) is 7.41. The lowest BCUT2D eigenvalue weighted by molar-refractivity contribution is 0.0519. The van der Waals surface area contributed by atoms with Gasteiger partial charge in [-0.05, 0) is 38.8 Å². The average Bonchev–Trinajstić information content (AvgIpc) is 2.72. The number of ether oxygens (including phenoxy) is 1. The minimum absolute atomic E-state index is 0.275. The van der Waals surface area contributed by atoms with Crippen LogP contribution in [0.3, 0.4) is 0 Å². The van der Waals surface area contributed by atoms with E-state index in [1.807, 2.05) is 38.2 Å². The monoisotopic (exact) mass is 259 g/mol. The van der Waals surface area contributed by atoms with Crippen molar-refractivity contribution in [3.63, 3.8) is 0 Å². The van der Waals surface area contributed by atoms with E-state index in [0.29, 0.717) is 12.3 Å². The zero-order valence-electron chi connectivity index (χ0n) is 12.0. The number of rotatable bonds is 2. The summed E-state index contributed by atoms with van der Waals surface area (Å²) in [6.07, 6.45) is 1.81. The fourth-order valence-electron chi connectivity index (χ4n) is 1.54. The molecule has 2 aromatic rings. The molecule has 2 rings (SSSR count).